The van der Waals surface area contributed by atoms with E-state index in [9.17, 15) is 0 Å². The molecule has 44 heavy (non-hydrogen) atoms. The van der Waals surface area contributed by atoms with Crippen molar-refractivity contribution in [1.82, 2.24) is 9.80 Å². The topological polar surface area (TPSA) is 24.9 Å². The minimum atomic E-state index is 0.140. The number of hydrogen-bond acceptors (Lipinski definition) is 4. The van der Waals surface area contributed by atoms with Gasteiger partial charge in [0.15, 0.2) is 0 Å². The van der Waals surface area contributed by atoms with Gasteiger partial charge in [-0.3, -0.25) is 0 Å². The number of ether oxygens (including phenoxy) is 2. The highest BCUT2D eigenvalue weighted by atomic mass is 16.5. The third-order valence-electron chi connectivity index (χ3n) is 9.16. The van der Waals surface area contributed by atoms with Crippen molar-refractivity contribution in [3.05, 3.63) is 0 Å². The zero-order chi connectivity index (χ0) is 32.4. The van der Waals surface area contributed by atoms with E-state index in [0.29, 0.717) is 0 Å². The third kappa shape index (κ3) is 33.2. The zero-order valence-electron chi connectivity index (χ0n) is 31.5. The Bertz CT molecular complexity index is 482. The molecule has 0 aliphatic heterocycles. The van der Waals surface area contributed by atoms with E-state index in [0.717, 1.165) is 26.3 Å². The molecule has 0 saturated heterocycles. The molecule has 0 radical (unpaired) electrons. The molecule has 0 unspecified atom stereocenters. The van der Waals surface area contributed by atoms with Crippen molar-refractivity contribution in [2.45, 2.75) is 206 Å². The maximum Gasteiger partial charge on any atom is 0.0975 e. The standard InChI is InChI=1S/C40H84N2O2/c1-7-9-11-13-15-17-19-21-23-25-27-29-31-33-35-43-39(37-41(3)4)40(38-42(5)6)44-36-34-32-30-28-26-24-22-20-18-16-14-12-10-8-2/h39-40H,7-38H2,1-6H3/t39-,40-/m0/s1. The van der Waals surface area contributed by atoms with Gasteiger partial charge in [-0.1, -0.05) is 181 Å². The summed E-state index contributed by atoms with van der Waals surface area (Å²) in [6.45, 7) is 8.18. The maximum atomic E-state index is 6.50. The van der Waals surface area contributed by atoms with E-state index < -0.39 is 0 Å². The van der Waals surface area contributed by atoms with Crippen LogP contribution in [-0.4, -0.2) is 76.5 Å². The van der Waals surface area contributed by atoms with Crippen LogP contribution in [0.3, 0.4) is 0 Å². The molecule has 0 amide bonds. The van der Waals surface area contributed by atoms with Crippen LogP contribution in [0, 0.1) is 0 Å². The molecule has 0 aliphatic carbocycles. The van der Waals surface area contributed by atoms with Crippen molar-refractivity contribution in [3.8, 4) is 0 Å². The van der Waals surface area contributed by atoms with Gasteiger partial charge in [0.05, 0.1) is 12.2 Å². The number of nitrogens with zero attached hydrogens (tertiary/aromatic N) is 2. The third-order valence-corrected chi connectivity index (χ3v) is 9.16. The van der Waals surface area contributed by atoms with Crippen LogP contribution in [-0.2, 0) is 9.47 Å². The van der Waals surface area contributed by atoms with Gasteiger partial charge in [-0.15, -0.1) is 0 Å². The summed E-state index contributed by atoms with van der Waals surface area (Å²) >= 11 is 0. The van der Waals surface area contributed by atoms with E-state index in [1.165, 1.54) is 180 Å². The summed E-state index contributed by atoms with van der Waals surface area (Å²) in [5, 5.41) is 0. The summed E-state index contributed by atoms with van der Waals surface area (Å²) in [7, 11) is 8.62. The molecule has 4 heteroatoms. The fraction of sp³-hybridized carbons (Fsp3) is 1.00. The van der Waals surface area contributed by atoms with Crippen molar-refractivity contribution < 1.29 is 9.47 Å². The van der Waals surface area contributed by atoms with E-state index >= 15 is 0 Å². The van der Waals surface area contributed by atoms with Crippen LogP contribution in [0.1, 0.15) is 194 Å². The average Bonchev–Trinajstić information content (AvgIpc) is 2.99. The lowest BCUT2D eigenvalue weighted by molar-refractivity contribution is -0.0889. The molecule has 0 heterocycles. The quantitative estimate of drug-likeness (QED) is 0.0642. The Kier molecular flexibility index (Phi) is 35.6. The number of hydrogen-bond donors (Lipinski definition) is 0. The van der Waals surface area contributed by atoms with E-state index in [1.54, 1.807) is 0 Å². The molecular weight excluding hydrogens is 540 g/mol. The summed E-state index contributed by atoms with van der Waals surface area (Å²) in [5.74, 6) is 0. The van der Waals surface area contributed by atoms with Gasteiger partial charge in [-0.05, 0) is 41.0 Å². The molecule has 4 nitrogen and oxygen atoms in total. The Hall–Kier alpha value is -0.160. The molecule has 0 spiro atoms. The van der Waals surface area contributed by atoms with Gasteiger partial charge in [0, 0.05) is 26.3 Å². The predicted octanol–water partition coefficient (Wildman–Crippen LogP) is 11.8. The molecule has 266 valence electrons. The fourth-order valence-electron chi connectivity index (χ4n) is 6.34. The van der Waals surface area contributed by atoms with Gasteiger partial charge < -0.3 is 19.3 Å². The predicted molar refractivity (Wildman–Crippen MR) is 197 cm³/mol. The number of likely N-dealkylation sites (N-methyl/N-ethyl adjacent to an activating group) is 2. The van der Waals surface area contributed by atoms with Gasteiger partial charge in [0.1, 0.15) is 0 Å². The smallest absolute Gasteiger partial charge is 0.0975 e. The van der Waals surface area contributed by atoms with Gasteiger partial charge in [0.25, 0.3) is 0 Å². The highest BCUT2D eigenvalue weighted by Crippen LogP contribution is 2.16. The fourth-order valence-corrected chi connectivity index (χ4v) is 6.34. The highest BCUT2D eigenvalue weighted by Gasteiger charge is 2.24. The minimum Gasteiger partial charge on any atom is -0.374 e. The van der Waals surface area contributed by atoms with Crippen LogP contribution >= 0.6 is 0 Å². The Morgan fingerprint density at radius 3 is 0.727 bits per heavy atom. The second-order valence-corrected chi connectivity index (χ2v) is 14.5. The van der Waals surface area contributed by atoms with Gasteiger partial charge in [-0.2, -0.15) is 0 Å². The maximum absolute atomic E-state index is 6.50. The van der Waals surface area contributed by atoms with Crippen molar-refractivity contribution >= 4 is 0 Å². The number of unbranched alkanes of at least 4 members (excludes halogenated alkanes) is 26. The van der Waals surface area contributed by atoms with Crippen molar-refractivity contribution in [1.29, 1.82) is 0 Å². The average molecular weight is 625 g/mol. The summed E-state index contributed by atoms with van der Waals surface area (Å²) in [6, 6.07) is 0. The first-order chi connectivity index (χ1) is 21.5. The van der Waals surface area contributed by atoms with Gasteiger partial charge >= 0.3 is 0 Å². The van der Waals surface area contributed by atoms with Crippen molar-refractivity contribution in [3.63, 3.8) is 0 Å². The van der Waals surface area contributed by atoms with Crippen LogP contribution < -0.4 is 0 Å². The Morgan fingerprint density at radius 1 is 0.318 bits per heavy atom. The van der Waals surface area contributed by atoms with Crippen LogP contribution in [0.5, 0.6) is 0 Å². The van der Waals surface area contributed by atoms with Crippen LogP contribution in [0.15, 0.2) is 0 Å². The molecule has 0 aromatic heterocycles. The van der Waals surface area contributed by atoms with Crippen LogP contribution in [0.4, 0.5) is 0 Å². The normalized spacial score (nSPS) is 13.4. The van der Waals surface area contributed by atoms with Crippen LogP contribution in [0.25, 0.3) is 0 Å². The minimum absolute atomic E-state index is 0.140. The molecule has 2 atom stereocenters. The summed E-state index contributed by atoms with van der Waals surface area (Å²) < 4.78 is 13.0. The largest absolute Gasteiger partial charge is 0.374 e. The second-order valence-electron chi connectivity index (χ2n) is 14.5. The monoisotopic (exact) mass is 625 g/mol. The van der Waals surface area contributed by atoms with E-state index in [2.05, 4.69) is 51.8 Å². The van der Waals surface area contributed by atoms with Crippen molar-refractivity contribution in [2.75, 3.05) is 54.5 Å². The molecule has 0 N–H and O–H groups in total. The summed E-state index contributed by atoms with van der Waals surface area (Å²) in [6.07, 6.45) is 39.3. The lowest BCUT2D eigenvalue weighted by Gasteiger charge is -2.31. The summed E-state index contributed by atoms with van der Waals surface area (Å²) in [5.41, 5.74) is 0. The van der Waals surface area contributed by atoms with E-state index in [4.69, 9.17) is 9.47 Å². The summed E-state index contributed by atoms with van der Waals surface area (Å²) in [4.78, 5) is 4.52. The second kappa shape index (κ2) is 35.7. The van der Waals surface area contributed by atoms with E-state index in [1.807, 2.05) is 0 Å². The van der Waals surface area contributed by atoms with Gasteiger partial charge in [-0.25, -0.2) is 0 Å². The van der Waals surface area contributed by atoms with Crippen LogP contribution in [0.2, 0.25) is 0 Å². The highest BCUT2D eigenvalue weighted by molar-refractivity contribution is 4.76. The first-order valence-electron chi connectivity index (χ1n) is 20.0. The molecule has 0 fully saturated rings. The first-order valence-corrected chi connectivity index (χ1v) is 20.0. The SMILES string of the molecule is CCCCCCCCCCCCCCCCO[C@@H](CN(C)C)[C@H](CN(C)C)OCCCCCCCCCCCCCCCC. The molecule has 0 aromatic rings. The van der Waals surface area contributed by atoms with Gasteiger partial charge in [0.2, 0.25) is 0 Å². The molecular formula is C40H84N2O2. The molecule has 0 rings (SSSR count). The lowest BCUT2D eigenvalue weighted by Crippen LogP contribution is -2.45. The lowest BCUT2D eigenvalue weighted by atomic mass is 10.0. The Morgan fingerprint density at radius 2 is 0.523 bits per heavy atom. The molecule has 0 bridgehead atoms. The Labute approximate surface area is 279 Å². The Balaban J connectivity index is 3.96. The molecule has 0 aliphatic rings. The zero-order valence-corrected chi connectivity index (χ0v) is 31.5. The van der Waals surface area contributed by atoms with E-state index in [-0.39, 0.29) is 12.2 Å². The first kappa shape index (κ1) is 43.8. The number of rotatable bonds is 37. The molecule has 0 saturated carbocycles. The van der Waals surface area contributed by atoms with Crippen molar-refractivity contribution in [2.24, 2.45) is 0 Å². The molecule has 0 aromatic carbocycles.